The molecule has 0 bridgehead atoms. The third-order valence-corrected chi connectivity index (χ3v) is 14.1. The first-order valence-corrected chi connectivity index (χ1v) is 25.7. The zero-order valence-corrected chi connectivity index (χ0v) is 42.0. The van der Waals surface area contributed by atoms with E-state index >= 15 is 0 Å². The van der Waals surface area contributed by atoms with E-state index in [2.05, 4.69) is 47.4 Å². The van der Waals surface area contributed by atoms with Crippen molar-refractivity contribution in [2.45, 2.75) is 197 Å². The van der Waals surface area contributed by atoms with E-state index in [4.69, 9.17) is 5.73 Å². The Balaban J connectivity index is 1.60. The fourth-order valence-corrected chi connectivity index (χ4v) is 9.74. The van der Waals surface area contributed by atoms with Crippen LogP contribution in [0.3, 0.4) is 0 Å². The number of hydrogen-bond donors (Lipinski definition) is 12. The largest absolute Gasteiger partial charge is 0.508 e. The van der Waals surface area contributed by atoms with Crippen LogP contribution in [0.4, 0.5) is 0 Å². The van der Waals surface area contributed by atoms with Crippen molar-refractivity contribution in [2.24, 2.45) is 17.6 Å². The maximum Gasteiger partial charge on any atom is 0.248 e. The minimum absolute atomic E-state index is 0.0412. The molecule has 3 heterocycles. The number of rotatable bonds is 20. The van der Waals surface area contributed by atoms with Crippen LogP contribution in [-0.4, -0.2) is 175 Å². The lowest BCUT2D eigenvalue weighted by Crippen LogP contribution is -2.64. The quantitative estimate of drug-likeness (QED) is 0.0723. The van der Waals surface area contributed by atoms with Crippen LogP contribution in [0, 0.1) is 11.8 Å². The summed E-state index contributed by atoms with van der Waals surface area (Å²) in [6.45, 7) is 7.21. The average Bonchev–Trinajstić information content (AvgIpc) is 3.92. The highest BCUT2D eigenvalue weighted by Gasteiger charge is 2.47. The predicted octanol–water partition coefficient (Wildman–Crippen LogP) is -0.648. The van der Waals surface area contributed by atoms with E-state index in [0.717, 1.165) is 47.8 Å². The number of nitrogens with zero attached hydrogens (tertiary/aromatic N) is 2. The monoisotopic (exact) mass is 1000 g/mol. The molecule has 13 atom stereocenters. The minimum atomic E-state index is -1.90. The van der Waals surface area contributed by atoms with Crippen molar-refractivity contribution in [3.05, 3.63) is 29.8 Å². The van der Waals surface area contributed by atoms with Crippen LogP contribution in [0.25, 0.3) is 0 Å². The van der Waals surface area contributed by atoms with Crippen molar-refractivity contribution >= 4 is 41.4 Å². The molecular weight excluding hydrogens is 921 g/mol. The molecule has 3 saturated heterocycles. The number of aromatic hydroxyl groups is 1. The molecule has 21 nitrogen and oxygen atoms in total. The van der Waals surface area contributed by atoms with Gasteiger partial charge in [-0.1, -0.05) is 77.8 Å². The number of amides is 7. The molecule has 3 aliphatic heterocycles. The number of phenolic OH excluding ortho intramolecular Hbond substituents is 1. The molecule has 21 heteroatoms. The van der Waals surface area contributed by atoms with Crippen LogP contribution < -0.4 is 32.3 Å². The van der Waals surface area contributed by atoms with Crippen molar-refractivity contribution in [3.63, 3.8) is 0 Å². The molecule has 1 aromatic rings. The Bertz CT molecular complexity index is 1910. The number of hydrogen-bond acceptors (Lipinski definition) is 14. The van der Waals surface area contributed by atoms with Crippen molar-refractivity contribution in [2.75, 3.05) is 26.2 Å². The van der Waals surface area contributed by atoms with Gasteiger partial charge in [0.2, 0.25) is 41.4 Å². The summed E-state index contributed by atoms with van der Waals surface area (Å²) in [5.74, 6) is -4.90. The number of carbonyl (C=O) groups is 7. The number of nitrogens with two attached hydrogens (primary N) is 1. The molecule has 13 N–H and O–H groups in total. The highest BCUT2D eigenvalue weighted by molar-refractivity contribution is 5.98. The first-order valence-electron chi connectivity index (χ1n) is 25.7. The molecule has 3 aliphatic rings. The molecule has 0 saturated carbocycles. The maximum absolute atomic E-state index is 14.3. The number of benzene rings is 1. The fraction of sp³-hybridized carbons (Fsp3) is 0.740. The molecular formula is C50H82N8O13. The van der Waals surface area contributed by atoms with Gasteiger partial charge in [0.25, 0.3) is 0 Å². The molecule has 0 radical (unpaired) electrons. The molecule has 7 amide bonds. The average molecular weight is 1000 g/mol. The summed E-state index contributed by atoms with van der Waals surface area (Å²) in [5, 5.41) is 78.3. The Morgan fingerprint density at radius 3 is 2.06 bits per heavy atom. The van der Waals surface area contributed by atoms with Gasteiger partial charge in [-0.3, -0.25) is 33.6 Å². The molecule has 400 valence electrons. The molecule has 0 aliphatic carbocycles. The summed E-state index contributed by atoms with van der Waals surface area (Å²) in [4.78, 5) is 100. The molecule has 0 aromatic heterocycles. The number of aliphatic hydroxyl groups excluding tert-OH is 5. The van der Waals surface area contributed by atoms with Gasteiger partial charge in [0.1, 0.15) is 42.0 Å². The Hall–Kier alpha value is -4.93. The van der Waals surface area contributed by atoms with Gasteiger partial charge in [0.15, 0.2) is 0 Å². The lowest BCUT2D eigenvalue weighted by atomic mass is 9.91. The van der Waals surface area contributed by atoms with Gasteiger partial charge >= 0.3 is 0 Å². The second-order valence-corrected chi connectivity index (χ2v) is 20.1. The first-order chi connectivity index (χ1) is 33.7. The van der Waals surface area contributed by atoms with E-state index in [1.54, 1.807) is 0 Å². The molecule has 6 unspecified atom stereocenters. The van der Waals surface area contributed by atoms with Crippen molar-refractivity contribution in [1.82, 2.24) is 36.4 Å². The molecule has 1 aromatic carbocycles. The van der Waals surface area contributed by atoms with Crippen LogP contribution >= 0.6 is 0 Å². The van der Waals surface area contributed by atoms with Gasteiger partial charge in [0, 0.05) is 38.9 Å². The van der Waals surface area contributed by atoms with Crippen molar-refractivity contribution in [3.8, 4) is 5.75 Å². The summed E-state index contributed by atoms with van der Waals surface area (Å²) >= 11 is 0. The summed E-state index contributed by atoms with van der Waals surface area (Å²) in [6.07, 6.45) is 0.813. The van der Waals surface area contributed by atoms with Gasteiger partial charge in [-0.2, -0.15) is 0 Å². The van der Waals surface area contributed by atoms with Crippen LogP contribution in [0.2, 0.25) is 0 Å². The zero-order chi connectivity index (χ0) is 52.4. The lowest BCUT2D eigenvalue weighted by Gasteiger charge is -2.34. The van der Waals surface area contributed by atoms with Crippen molar-refractivity contribution in [1.29, 1.82) is 0 Å². The topological polar surface area (TPSA) is 334 Å². The molecule has 71 heavy (non-hydrogen) atoms. The zero-order valence-electron chi connectivity index (χ0n) is 42.0. The van der Waals surface area contributed by atoms with Gasteiger partial charge in [-0.05, 0) is 81.5 Å². The predicted molar refractivity (Wildman–Crippen MR) is 262 cm³/mol. The highest BCUT2D eigenvalue weighted by atomic mass is 16.3. The molecule has 3 fully saturated rings. The van der Waals surface area contributed by atoms with Crippen LogP contribution in [0.15, 0.2) is 24.3 Å². The van der Waals surface area contributed by atoms with Gasteiger partial charge in [-0.25, -0.2) is 0 Å². The van der Waals surface area contributed by atoms with E-state index in [1.165, 1.54) is 50.5 Å². The Kier molecular flexibility index (Phi) is 23.9. The second kappa shape index (κ2) is 28.9. The minimum Gasteiger partial charge on any atom is -0.508 e. The van der Waals surface area contributed by atoms with Gasteiger partial charge in [-0.15, -0.1) is 0 Å². The first kappa shape index (κ1) is 58.6. The maximum atomic E-state index is 14.3. The Labute approximate surface area is 417 Å². The fourth-order valence-electron chi connectivity index (χ4n) is 9.74. The van der Waals surface area contributed by atoms with E-state index in [-0.39, 0.29) is 70.3 Å². The summed E-state index contributed by atoms with van der Waals surface area (Å²) in [7, 11) is 0. The van der Waals surface area contributed by atoms with E-state index in [9.17, 15) is 64.2 Å². The lowest BCUT2D eigenvalue weighted by molar-refractivity contribution is -0.147. The van der Waals surface area contributed by atoms with E-state index in [0.29, 0.717) is 17.9 Å². The number of aliphatic hydroxyl groups is 5. The third kappa shape index (κ3) is 17.7. The van der Waals surface area contributed by atoms with Crippen LogP contribution in [-0.2, 0) is 40.0 Å². The van der Waals surface area contributed by atoms with E-state index < -0.39 is 115 Å². The van der Waals surface area contributed by atoms with Crippen LogP contribution in [0.1, 0.15) is 130 Å². The number of unbranched alkanes of at least 4 members (excludes halogenated alkanes) is 5. The number of nitrogens with one attached hydrogen (secondary N) is 5. The number of phenols is 1. The van der Waals surface area contributed by atoms with Gasteiger partial charge < -0.3 is 72.8 Å². The van der Waals surface area contributed by atoms with Gasteiger partial charge in [0.05, 0.1) is 30.5 Å². The number of carbonyl (C=O) groups excluding carboxylic acids is 7. The second-order valence-electron chi connectivity index (χ2n) is 20.1. The standard InChI is InChI=1S/C50H82N8O13/c1-5-29(2)25-30(3)13-10-8-6-7-9-11-15-40(65)53-35-14-12-23-52-48(69)44-38(63)21-24-57(44)50(71)43(37(62)20-22-51)56-47(68)42(39(64)26-32-16-18-33(60)19-17-32)55-46(67)36-27-34(61)28-58(36)49(70)41(31(4)59)54-45(35)66/h16-19,29-31,34-39,41-44,59-64H,5-15,20-28,51H2,1-4H3,(H,52,69)(H,53,65)(H,54,66)(H,55,67)(H,56,68)/t29?,30?,31-,34-,35?,36?,37-,38+,39-,41?,42+,43?,44+/m1/s1. The van der Waals surface area contributed by atoms with E-state index in [1.807, 2.05) is 0 Å². The smallest absolute Gasteiger partial charge is 0.248 e. The Morgan fingerprint density at radius 1 is 0.761 bits per heavy atom. The van der Waals surface area contributed by atoms with Crippen molar-refractivity contribution < 1.29 is 64.2 Å². The third-order valence-electron chi connectivity index (χ3n) is 14.1. The summed E-state index contributed by atoms with van der Waals surface area (Å²) < 4.78 is 0. The number of fused-ring (bicyclic) bond motifs is 2. The summed E-state index contributed by atoms with van der Waals surface area (Å²) in [5.41, 5.74) is 6.15. The Morgan fingerprint density at radius 2 is 1.39 bits per heavy atom. The molecule has 4 rings (SSSR count). The molecule has 0 spiro atoms. The highest BCUT2D eigenvalue weighted by Crippen LogP contribution is 2.25. The summed E-state index contributed by atoms with van der Waals surface area (Å²) in [6, 6.07) is -4.08. The van der Waals surface area contributed by atoms with Crippen LogP contribution in [0.5, 0.6) is 5.75 Å². The normalized spacial score (nSPS) is 27.5. The SMILES string of the molecule is CCC(C)CC(C)CCCCCCCCC(=O)NC1CCCNC(=O)[C@@H]2[C@@H](O)CCN2C(=O)C([C@H](O)CCN)NC(=O)[C@H]([C@H](O)Cc2ccc(O)cc2)NC(=O)C2C[C@@H](O)CN2C(=O)C([C@@H](C)O)NC1=O.